The minimum absolute atomic E-state index is 0.165. The van der Waals surface area contributed by atoms with E-state index in [4.69, 9.17) is 0 Å². The summed E-state index contributed by atoms with van der Waals surface area (Å²) < 4.78 is 13.1. The Morgan fingerprint density at radius 1 is 0.944 bits per heavy atom. The third-order valence-corrected chi connectivity index (χ3v) is 3.10. The monoisotopic (exact) mass is 243 g/mol. The van der Waals surface area contributed by atoms with E-state index in [0.717, 1.165) is 18.4 Å². The van der Waals surface area contributed by atoms with Crippen LogP contribution < -0.4 is 5.32 Å². The van der Waals surface area contributed by atoms with E-state index in [-0.39, 0.29) is 5.82 Å². The number of halogens is 1. The van der Waals surface area contributed by atoms with Crippen molar-refractivity contribution in [3.05, 3.63) is 71.5 Å². The van der Waals surface area contributed by atoms with Crippen molar-refractivity contribution in [2.24, 2.45) is 0 Å². The average molecular weight is 243 g/mol. The van der Waals surface area contributed by atoms with Crippen molar-refractivity contribution in [2.75, 3.05) is 7.05 Å². The van der Waals surface area contributed by atoms with Crippen molar-refractivity contribution >= 4 is 0 Å². The van der Waals surface area contributed by atoms with Crippen LogP contribution in [-0.2, 0) is 12.8 Å². The summed E-state index contributed by atoms with van der Waals surface area (Å²) in [6, 6.07) is 17.5. The first-order chi connectivity index (χ1) is 8.78. The predicted molar refractivity (Wildman–Crippen MR) is 73.1 cm³/mol. The lowest BCUT2D eigenvalue weighted by Crippen LogP contribution is -2.29. The van der Waals surface area contributed by atoms with E-state index < -0.39 is 0 Å². The van der Waals surface area contributed by atoms with Gasteiger partial charge in [0.05, 0.1) is 0 Å². The quantitative estimate of drug-likeness (QED) is 0.850. The van der Waals surface area contributed by atoms with Gasteiger partial charge in [-0.15, -0.1) is 0 Å². The molecule has 2 rings (SSSR count). The van der Waals surface area contributed by atoms with Crippen LogP contribution in [0.1, 0.15) is 11.1 Å². The standard InChI is InChI=1S/C16H18FN/c1-18-16(11-13-6-3-2-4-7-13)12-14-8-5-9-15(17)10-14/h2-10,16,18H,11-12H2,1H3. The molecule has 1 nitrogen and oxygen atoms in total. The molecular weight excluding hydrogens is 225 g/mol. The molecule has 0 amide bonds. The molecular formula is C16H18FN. The fourth-order valence-electron chi connectivity index (χ4n) is 2.12. The van der Waals surface area contributed by atoms with Crippen LogP contribution >= 0.6 is 0 Å². The number of benzene rings is 2. The molecule has 1 unspecified atom stereocenters. The molecule has 0 heterocycles. The van der Waals surface area contributed by atoms with Gasteiger partial charge in [-0.25, -0.2) is 4.39 Å². The third-order valence-electron chi connectivity index (χ3n) is 3.10. The second kappa shape index (κ2) is 6.31. The van der Waals surface area contributed by atoms with Gasteiger partial charge in [0.1, 0.15) is 5.82 Å². The SMILES string of the molecule is CNC(Cc1ccccc1)Cc1cccc(F)c1. The number of likely N-dealkylation sites (N-methyl/N-ethyl adjacent to an activating group) is 1. The molecule has 0 radical (unpaired) electrons. The maximum absolute atomic E-state index is 13.1. The smallest absolute Gasteiger partial charge is 0.123 e. The molecule has 0 aliphatic heterocycles. The van der Waals surface area contributed by atoms with E-state index in [2.05, 4.69) is 17.4 Å². The molecule has 0 aliphatic carbocycles. The highest BCUT2D eigenvalue weighted by Gasteiger charge is 2.08. The van der Waals surface area contributed by atoms with Crippen LogP contribution in [0.4, 0.5) is 4.39 Å². The Morgan fingerprint density at radius 3 is 2.28 bits per heavy atom. The van der Waals surface area contributed by atoms with Crippen molar-refractivity contribution in [2.45, 2.75) is 18.9 Å². The molecule has 2 heteroatoms. The fourth-order valence-corrected chi connectivity index (χ4v) is 2.12. The molecule has 0 saturated carbocycles. The van der Waals surface area contributed by atoms with Crippen molar-refractivity contribution < 1.29 is 4.39 Å². The Morgan fingerprint density at radius 2 is 1.61 bits per heavy atom. The molecule has 0 spiro atoms. The fraction of sp³-hybridized carbons (Fsp3) is 0.250. The number of hydrogen-bond donors (Lipinski definition) is 1. The largest absolute Gasteiger partial charge is 0.316 e. The molecule has 0 aromatic heterocycles. The van der Waals surface area contributed by atoms with Crippen LogP contribution in [0.5, 0.6) is 0 Å². The van der Waals surface area contributed by atoms with Crippen LogP contribution in [0, 0.1) is 5.82 Å². The lowest BCUT2D eigenvalue weighted by atomic mass is 9.99. The van der Waals surface area contributed by atoms with Crippen molar-refractivity contribution in [1.82, 2.24) is 5.32 Å². The van der Waals surface area contributed by atoms with Crippen molar-refractivity contribution in [3.63, 3.8) is 0 Å². The summed E-state index contributed by atoms with van der Waals surface area (Å²) in [6.45, 7) is 0. The highest BCUT2D eigenvalue weighted by molar-refractivity contribution is 5.20. The van der Waals surface area contributed by atoms with Gasteiger partial charge in [0.2, 0.25) is 0 Å². The van der Waals surface area contributed by atoms with Crippen molar-refractivity contribution in [3.8, 4) is 0 Å². The van der Waals surface area contributed by atoms with Crippen LogP contribution in [-0.4, -0.2) is 13.1 Å². The average Bonchev–Trinajstić information content (AvgIpc) is 2.39. The second-order valence-electron chi connectivity index (χ2n) is 4.51. The van der Waals surface area contributed by atoms with Crippen molar-refractivity contribution in [1.29, 1.82) is 0 Å². The highest BCUT2D eigenvalue weighted by Crippen LogP contribution is 2.10. The lowest BCUT2D eigenvalue weighted by molar-refractivity contribution is 0.553. The molecule has 1 N–H and O–H groups in total. The first-order valence-corrected chi connectivity index (χ1v) is 6.23. The zero-order valence-electron chi connectivity index (χ0n) is 10.6. The molecule has 0 aliphatic rings. The van der Waals surface area contributed by atoms with E-state index in [0.29, 0.717) is 6.04 Å². The zero-order chi connectivity index (χ0) is 12.8. The van der Waals surface area contributed by atoms with Gasteiger partial charge >= 0.3 is 0 Å². The number of rotatable bonds is 5. The molecule has 2 aromatic carbocycles. The van der Waals surface area contributed by atoms with Gasteiger partial charge in [0.25, 0.3) is 0 Å². The molecule has 94 valence electrons. The van der Waals surface area contributed by atoms with Crippen LogP contribution in [0.3, 0.4) is 0 Å². The summed E-state index contributed by atoms with van der Waals surface area (Å²) in [5.74, 6) is -0.165. The normalized spacial score (nSPS) is 12.3. The summed E-state index contributed by atoms with van der Waals surface area (Å²) in [6.07, 6.45) is 1.79. The van der Waals surface area contributed by atoms with Gasteiger partial charge in [-0.1, -0.05) is 42.5 Å². The minimum atomic E-state index is -0.165. The van der Waals surface area contributed by atoms with Gasteiger partial charge in [0, 0.05) is 6.04 Å². The summed E-state index contributed by atoms with van der Waals surface area (Å²) in [5, 5.41) is 3.30. The molecule has 1 atom stereocenters. The molecule has 2 aromatic rings. The first-order valence-electron chi connectivity index (χ1n) is 6.23. The maximum atomic E-state index is 13.1. The van der Waals surface area contributed by atoms with Crippen LogP contribution in [0.2, 0.25) is 0 Å². The topological polar surface area (TPSA) is 12.0 Å². The Kier molecular flexibility index (Phi) is 4.48. The summed E-state index contributed by atoms with van der Waals surface area (Å²) in [4.78, 5) is 0. The zero-order valence-corrected chi connectivity index (χ0v) is 10.6. The Balaban J connectivity index is 2.01. The summed E-state index contributed by atoms with van der Waals surface area (Å²) >= 11 is 0. The van der Waals surface area contributed by atoms with Crippen LogP contribution in [0.25, 0.3) is 0 Å². The summed E-state index contributed by atoms with van der Waals surface area (Å²) in [7, 11) is 1.95. The first kappa shape index (κ1) is 12.8. The van der Waals surface area contributed by atoms with Gasteiger partial charge in [-0.05, 0) is 43.1 Å². The molecule has 0 saturated heterocycles. The molecule has 0 fully saturated rings. The molecule has 18 heavy (non-hydrogen) atoms. The highest BCUT2D eigenvalue weighted by atomic mass is 19.1. The predicted octanol–water partition coefficient (Wildman–Crippen LogP) is 3.20. The maximum Gasteiger partial charge on any atom is 0.123 e. The van der Waals surface area contributed by atoms with E-state index in [9.17, 15) is 4.39 Å². The van der Waals surface area contributed by atoms with E-state index in [1.165, 1.54) is 11.6 Å². The van der Waals surface area contributed by atoms with Gasteiger partial charge in [0.15, 0.2) is 0 Å². The van der Waals surface area contributed by atoms with E-state index in [1.807, 2.05) is 31.3 Å². The Bertz CT molecular complexity index is 481. The number of hydrogen-bond acceptors (Lipinski definition) is 1. The van der Waals surface area contributed by atoms with Gasteiger partial charge in [-0.2, -0.15) is 0 Å². The van der Waals surface area contributed by atoms with E-state index >= 15 is 0 Å². The second-order valence-corrected chi connectivity index (χ2v) is 4.51. The van der Waals surface area contributed by atoms with Crippen LogP contribution in [0.15, 0.2) is 54.6 Å². The molecule has 0 bridgehead atoms. The van der Waals surface area contributed by atoms with Gasteiger partial charge < -0.3 is 5.32 Å². The minimum Gasteiger partial charge on any atom is -0.316 e. The third kappa shape index (κ3) is 3.67. The van der Waals surface area contributed by atoms with E-state index in [1.54, 1.807) is 12.1 Å². The summed E-state index contributed by atoms with van der Waals surface area (Å²) in [5.41, 5.74) is 2.33. The lowest BCUT2D eigenvalue weighted by Gasteiger charge is -2.16. The number of nitrogens with one attached hydrogen (secondary N) is 1. The Labute approximate surface area is 108 Å². The Hall–Kier alpha value is -1.67. The van der Waals surface area contributed by atoms with Gasteiger partial charge in [-0.3, -0.25) is 0 Å².